The molecule has 1 aromatic heterocycles. The van der Waals surface area contributed by atoms with Gasteiger partial charge in [0, 0.05) is 7.11 Å². The SMILES string of the molecule is COCC(O)Cn1cc(CO)nn1. The first kappa shape index (κ1) is 10.1. The van der Waals surface area contributed by atoms with E-state index in [0.717, 1.165) is 0 Å². The summed E-state index contributed by atoms with van der Waals surface area (Å²) in [4.78, 5) is 0. The maximum absolute atomic E-state index is 9.31. The van der Waals surface area contributed by atoms with Gasteiger partial charge in [-0.15, -0.1) is 5.10 Å². The molecule has 1 heterocycles. The molecule has 0 bridgehead atoms. The maximum atomic E-state index is 9.31. The molecular formula is C7H13N3O3. The van der Waals surface area contributed by atoms with Crippen LogP contribution < -0.4 is 0 Å². The summed E-state index contributed by atoms with van der Waals surface area (Å²) in [6.45, 7) is 0.440. The quantitative estimate of drug-likeness (QED) is 0.603. The zero-order valence-corrected chi connectivity index (χ0v) is 7.42. The van der Waals surface area contributed by atoms with Crippen LogP contribution in [0.25, 0.3) is 0 Å². The monoisotopic (exact) mass is 187 g/mol. The van der Waals surface area contributed by atoms with Crippen molar-refractivity contribution < 1.29 is 14.9 Å². The lowest BCUT2D eigenvalue weighted by molar-refractivity contribution is 0.0510. The highest BCUT2D eigenvalue weighted by atomic mass is 16.5. The molecule has 0 saturated heterocycles. The summed E-state index contributed by atoms with van der Waals surface area (Å²) in [5.41, 5.74) is 0.490. The fourth-order valence-corrected chi connectivity index (χ4v) is 0.961. The predicted molar refractivity (Wildman–Crippen MR) is 43.8 cm³/mol. The average Bonchev–Trinajstić information content (AvgIpc) is 2.52. The molecule has 0 spiro atoms. The van der Waals surface area contributed by atoms with E-state index in [1.54, 1.807) is 6.20 Å². The molecule has 6 nitrogen and oxygen atoms in total. The third-order valence-electron chi connectivity index (χ3n) is 1.50. The van der Waals surface area contributed by atoms with Gasteiger partial charge in [0.05, 0.1) is 32.1 Å². The highest BCUT2D eigenvalue weighted by Crippen LogP contribution is 1.95. The Morgan fingerprint density at radius 3 is 3.00 bits per heavy atom. The molecule has 0 saturated carbocycles. The predicted octanol–water partition coefficient (Wildman–Crippen LogP) is -1.22. The van der Waals surface area contributed by atoms with Crippen molar-refractivity contribution in [2.75, 3.05) is 13.7 Å². The first-order valence-electron chi connectivity index (χ1n) is 3.93. The van der Waals surface area contributed by atoms with Crippen molar-refractivity contribution in [2.24, 2.45) is 0 Å². The lowest BCUT2D eigenvalue weighted by Gasteiger charge is -2.07. The number of ether oxygens (including phenoxy) is 1. The summed E-state index contributed by atoms with van der Waals surface area (Å²) < 4.78 is 6.22. The van der Waals surface area contributed by atoms with E-state index in [2.05, 4.69) is 10.3 Å². The zero-order chi connectivity index (χ0) is 9.68. The van der Waals surface area contributed by atoms with Crippen LogP contribution in [0.15, 0.2) is 6.20 Å². The van der Waals surface area contributed by atoms with Gasteiger partial charge in [-0.05, 0) is 0 Å². The zero-order valence-electron chi connectivity index (χ0n) is 7.42. The molecule has 1 unspecified atom stereocenters. The third-order valence-corrected chi connectivity index (χ3v) is 1.50. The molecule has 0 aliphatic heterocycles. The number of aliphatic hydroxyl groups is 2. The lowest BCUT2D eigenvalue weighted by Crippen LogP contribution is -2.21. The molecule has 0 radical (unpaired) electrons. The summed E-state index contributed by atoms with van der Waals surface area (Å²) in [7, 11) is 1.52. The van der Waals surface area contributed by atoms with Crippen LogP contribution in [-0.2, 0) is 17.9 Å². The summed E-state index contributed by atoms with van der Waals surface area (Å²) in [6, 6.07) is 0. The Balaban J connectivity index is 2.44. The fourth-order valence-electron chi connectivity index (χ4n) is 0.961. The van der Waals surface area contributed by atoms with E-state index in [0.29, 0.717) is 12.2 Å². The molecule has 2 N–H and O–H groups in total. The molecule has 0 aliphatic carbocycles. The normalized spacial score (nSPS) is 13.2. The minimum atomic E-state index is -0.599. The van der Waals surface area contributed by atoms with E-state index in [9.17, 15) is 5.11 Å². The molecule has 0 aliphatic rings. The Hall–Kier alpha value is -0.980. The summed E-state index contributed by atoms with van der Waals surface area (Å²) in [5, 5.41) is 25.4. The molecule has 1 rings (SSSR count). The van der Waals surface area contributed by atoms with Crippen LogP contribution in [0.4, 0.5) is 0 Å². The van der Waals surface area contributed by atoms with Gasteiger partial charge in [0.2, 0.25) is 0 Å². The van der Waals surface area contributed by atoms with E-state index in [-0.39, 0.29) is 13.2 Å². The van der Waals surface area contributed by atoms with Crippen LogP contribution >= 0.6 is 0 Å². The van der Waals surface area contributed by atoms with Crippen molar-refractivity contribution >= 4 is 0 Å². The standard InChI is InChI=1S/C7H13N3O3/c1-13-5-7(12)3-10-2-6(4-11)8-9-10/h2,7,11-12H,3-5H2,1H3. The van der Waals surface area contributed by atoms with Gasteiger partial charge >= 0.3 is 0 Å². The van der Waals surface area contributed by atoms with Crippen molar-refractivity contribution in [3.63, 3.8) is 0 Å². The minimum Gasteiger partial charge on any atom is -0.390 e. The second kappa shape index (κ2) is 4.90. The first-order valence-corrected chi connectivity index (χ1v) is 3.93. The van der Waals surface area contributed by atoms with Crippen molar-refractivity contribution in [1.29, 1.82) is 0 Å². The van der Waals surface area contributed by atoms with E-state index in [1.807, 2.05) is 0 Å². The van der Waals surface area contributed by atoms with Crippen LogP contribution in [-0.4, -0.2) is 45.0 Å². The summed E-state index contributed by atoms with van der Waals surface area (Å²) in [6.07, 6.45) is 0.983. The van der Waals surface area contributed by atoms with Crippen molar-refractivity contribution in [3.05, 3.63) is 11.9 Å². The number of hydrogen-bond acceptors (Lipinski definition) is 5. The number of nitrogens with zero attached hydrogens (tertiary/aromatic N) is 3. The molecule has 0 aromatic carbocycles. The Morgan fingerprint density at radius 2 is 2.46 bits per heavy atom. The number of aliphatic hydroxyl groups excluding tert-OH is 2. The van der Waals surface area contributed by atoms with Gasteiger partial charge in [-0.2, -0.15) is 0 Å². The molecule has 13 heavy (non-hydrogen) atoms. The van der Waals surface area contributed by atoms with Crippen molar-refractivity contribution in [1.82, 2.24) is 15.0 Å². The molecule has 0 amide bonds. The average molecular weight is 187 g/mol. The minimum absolute atomic E-state index is 0.139. The number of methoxy groups -OCH3 is 1. The molecule has 6 heteroatoms. The number of rotatable bonds is 5. The van der Waals surface area contributed by atoms with Gasteiger partial charge in [0.25, 0.3) is 0 Å². The van der Waals surface area contributed by atoms with E-state index in [4.69, 9.17) is 9.84 Å². The van der Waals surface area contributed by atoms with Crippen molar-refractivity contribution in [3.8, 4) is 0 Å². The molecule has 1 aromatic rings. The Bertz CT molecular complexity index is 251. The van der Waals surface area contributed by atoms with Gasteiger partial charge in [-0.25, -0.2) is 4.68 Å². The van der Waals surface area contributed by atoms with Gasteiger partial charge in [-0.1, -0.05) is 5.21 Å². The van der Waals surface area contributed by atoms with Crippen LogP contribution in [0.5, 0.6) is 0 Å². The Kier molecular flexibility index (Phi) is 3.81. The Labute approximate surface area is 75.8 Å². The largest absolute Gasteiger partial charge is 0.390 e. The highest BCUT2D eigenvalue weighted by Gasteiger charge is 2.06. The van der Waals surface area contributed by atoms with Crippen LogP contribution in [0.3, 0.4) is 0 Å². The first-order chi connectivity index (χ1) is 6.26. The van der Waals surface area contributed by atoms with Gasteiger partial charge < -0.3 is 14.9 Å². The van der Waals surface area contributed by atoms with E-state index >= 15 is 0 Å². The maximum Gasteiger partial charge on any atom is 0.108 e. The van der Waals surface area contributed by atoms with Crippen LogP contribution in [0.1, 0.15) is 5.69 Å². The third kappa shape index (κ3) is 3.10. The second-order valence-corrected chi connectivity index (χ2v) is 2.70. The summed E-state index contributed by atoms with van der Waals surface area (Å²) in [5.74, 6) is 0. The topological polar surface area (TPSA) is 80.4 Å². The van der Waals surface area contributed by atoms with E-state index < -0.39 is 6.10 Å². The summed E-state index contributed by atoms with van der Waals surface area (Å²) >= 11 is 0. The highest BCUT2D eigenvalue weighted by molar-refractivity contribution is 4.89. The molecule has 0 fully saturated rings. The number of aromatic nitrogens is 3. The second-order valence-electron chi connectivity index (χ2n) is 2.70. The van der Waals surface area contributed by atoms with Gasteiger partial charge in [0.15, 0.2) is 0 Å². The van der Waals surface area contributed by atoms with Gasteiger partial charge in [0.1, 0.15) is 5.69 Å². The molecule has 74 valence electrons. The molecular weight excluding hydrogens is 174 g/mol. The smallest absolute Gasteiger partial charge is 0.108 e. The number of hydrogen-bond donors (Lipinski definition) is 2. The lowest BCUT2D eigenvalue weighted by atomic mass is 10.4. The molecule has 1 atom stereocenters. The van der Waals surface area contributed by atoms with Crippen LogP contribution in [0, 0.1) is 0 Å². The fraction of sp³-hybridized carbons (Fsp3) is 0.714. The Morgan fingerprint density at radius 1 is 1.69 bits per heavy atom. The van der Waals surface area contributed by atoms with Crippen molar-refractivity contribution in [2.45, 2.75) is 19.3 Å². The van der Waals surface area contributed by atoms with Crippen LogP contribution in [0.2, 0.25) is 0 Å². The van der Waals surface area contributed by atoms with Gasteiger partial charge in [-0.3, -0.25) is 0 Å². The van der Waals surface area contributed by atoms with E-state index in [1.165, 1.54) is 11.8 Å².